The Labute approximate surface area is 137 Å². The highest BCUT2D eigenvalue weighted by Crippen LogP contribution is 2.29. The van der Waals surface area contributed by atoms with Crippen LogP contribution in [0.5, 0.6) is 0 Å². The Balaban J connectivity index is 1.88. The number of hydrogen-bond acceptors (Lipinski definition) is 4. The van der Waals surface area contributed by atoms with Crippen LogP contribution in [0.25, 0.3) is 0 Å². The van der Waals surface area contributed by atoms with E-state index in [4.69, 9.17) is 15.1 Å². The molecule has 1 aliphatic rings. The zero-order valence-electron chi connectivity index (χ0n) is 11.4. The van der Waals surface area contributed by atoms with Crippen LogP contribution in [0.4, 0.5) is 0 Å². The van der Waals surface area contributed by atoms with E-state index >= 15 is 0 Å². The molecule has 0 unspecified atom stereocenters. The molecule has 5 nitrogen and oxygen atoms in total. The second-order valence-electron chi connectivity index (χ2n) is 5.24. The van der Waals surface area contributed by atoms with Crippen LogP contribution in [-0.4, -0.2) is 20.9 Å². The van der Waals surface area contributed by atoms with Gasteiger partial charge in [-0.15, -0.1) is 0 Å². The van der Waals surface area contributed by atoms with E-state index in [0.717, 1.165) is 12.5 Å². The Morgan fingerprint density at radius 3 is 2.62 bits per heavy atom. The Bertz CT molecular complexity index is 608. The first kappa shape index (κ1) is 16.8. The van der Waals surface area contributed by atoms with Crippen molar-refractivity contribution in [2.24, 2.45) is 5.92 Å². The summed E-state index contributed by atoms with van der Waals surface area (Å²) in [5.74, 6) is 0.170. The van der Waals surface area contributed by atoms with Gasteiger partial charge < -0.3 is 9.73 Å². The molecule has 21 heavy (non-hydrogen) atoms. The van der Waals surface area contributed by atoms with Gasteiger partial charge in [-0.1, -0.05) is 32.1 Å². The van der Waals surface area contributed by atoms with Crippen molar-refractivity contribution in [3.63, 3.8) is 0 Å². The van der Waals surface area contributed by atoms with Gasteiger partial charge in [-0.25, -0.2) is 8.42 Å². The van der Waals surface area contributed by atoms with E-state index in [1.54, 1.807) is 0 Å². The lowest BCUT2D eigenvalue weighted by molar-refractivity contribution is 0.0921. The normalized spacial score (nSPS) is 16.9. The standard InChI is InChI=1S/C13H17BrClNO4S/c14-12-11(21(15,18)19)8-10(20-12)13(17)16-7-6-9-4-2-1-3-5-9/h8-9H,1-7H2,(H,16,17). The zero-order chi connectivity index (χ0) is 15.5. The number of furan rings is 1. The second-order valence-corrected chi connectivity index (χ2v) is 8.49. The van der Waals surface area contributed by atoms with Gasteiger partial charge >= 0.3 is 0 Å². The molecule has 118 valence electrons. The molecule has 1 fully saturated rings. The van der Waals surface area contributed by atoms with Crippen molar-refractivity contribution in [3.05, 3.63) is 16.5 Å². The number of halogens is 2. The lowest BCUT2D eigenvalue weighted by Crippen LogP contribution is -2.26. The molecule has 1 aromatic heterocycles. The van der Waals surface area contributed by atoms with E-state index in [-0.39, 0.29) is 15.3 Å². The first-order chi connectivity index (χ1) is 9.88. The molecule has 2 rings (SSSR count). The van der Waals surface area contributed by atoms with Crippen LogP contribution < -0.4 is 5.32 Å². The molecule has 0 saturated heterocycles. The highest BCUT2D eigenvalue weighted by atomic mass is 79.9. The average Bonchev–Trinajstić information content (AvgIpc) is 2.82. The van der Waals surface area contributed by atoms with Gasteiger partial charge in [0.05, 0.1) is 0 Å². The first-order valence-electron chi connectivity index (χ1n) is 6.90. The Morgan fingerprint density at radius 1 is 1.38 bits per heavy atom. The van der Waals surface area contributed by atoms with Gasteiger partial charge in [-0.3, -0.25) is 4.79 Å². The number of nitrogens with one attached hydrogen (secondary N) is 1. The zero-order valence-corrected chi connectivity index (χ0v) is 14.6. The summed E-state index contributed by atoms with van der Waals surface area (Å²) in [6.45, 7) is 0.560. The Kier molecular flexibility index (Phi) is 5.73. The maximum Gasteiger partial charge on any atom is 0.287 e. The Hall–Kier alpha value is -0.530. The van der Waals surface area contributed by atoms with Gasteiger partial charge in [0.25, 0.3) is 15.0 Å². The third-order valence-electron chi connectivity index (χ3n) is 3.70. The summed E-state index contributed by atoms with van der Waals surface area (Å²) < 4.78 is 27.5. The van der Waals surface area contributed by atoms with Crippen molar-refractivity contribution < 1.29 is 17.6 Å². The van der Waals surface area contributed by atoms with Gasteiger partial charge in [0.1, 0.15) is 4.90 Å². The molecule has 0 aromatic carbocycles. The third kappa shape index (κ3) is 4.72. The van der Waals surface area contributed by atoms with Gasteiger partial charge in [0, 0.05) is 23.3 Å². The smallest absolute Gasteiger partial charge is 0.287 e. The molecule has 0 atom stereocenters. The lowest BCUT2D eigenvalue weighted by atomic mass is 9.87. The molecule has 1 saturated carbocycles. The van der Waals surface area contributed by atoms with Crippen LogP contribution in [0.2, 0.25) is 0 Å². The highest BCUT2D eigenvalue weighted by molar-refractivity contribution is 9.10. The van der Waals surface area contributed by atoms with E-state index in [1.165, 1.54) is 32.1 Å². The fourth-order valence-corrected chi connectivity index (χ4v) is 4.62. The van der Waals surface area contributed by atoms with E-state index in [2.05, 4.69) is 21.2 Å². The molecule has 1 amide bonds. The molecule has 1 aliphatic carbocycles. The van der Waals surface area contributed by atoms with E-state index in [1.807, 2.05) is 0 Å². The van der Waals surface area contributed by atoms with Gasteiger partial charge in [0.15, 0.2) is 10.4 Å². The minimum Gasteiger partial charge on any atom is -0.443 e. The van der Waals surface area contributed by atoms with E-state index in [0.29, 0.717) is 12.5 Å². The molecule has 1 aromatic rings. The quantitative estimate of drug-likeness (QED) is 0.768. The number of hydrogen-bond donors (Lipinski definition) is 1. The summed E-state index contributed by atoms with van der Waals surface area (Å²) >= 11 is 2.94. The molecule has 0 bridgehead atoms. The topological polar surface area (TPSA) is 76.4 Å². The molecular weight excluding hydrogens is 382 g/mol. The van der Waals surface area contributed by atoms with Crippen LogP contribution in [0.1, 0.15) is 49.1 Å². The summed E-state index contributed by atoms with van der Waals surface area (Å²) in [5.41, 5.74) is 0. The predicted molar refractivity (Wildman–Crippen MR) is 83.0 cm³/mol. The maximum absolute atomic E-state index is 11.9. The van der Waals surface area contributed by atoms with Gasteiger partial charge in [-0.05, 0) is 28.3 Å². The summed E-state index contributed by atoms with van der Waals surface area (Å²) in [6, 6.07) is 1.13. The minimum absolute atomic E-state index is 0.0602. The van der Waals surface area contributed by atoms with Crippen LogP contribution in [0.3, 0.4) is 0 Å². The van der Waals surface area contributed by atoms with Crippen molar-refractivity contribution in [3.8, 4) is 0 Å². The SMILES string of the molecule is O=C(NCCC1CCCCC1)c1cc(S(=O)(=O)Cl)c(Br)o1. The highest BCUT2D eigenvalue weighted by Gasteiger charge is 2.23. The van der Waals surface area contributed by atoms with Crippen molar-refractivity contribution in [1.29, 1.82) is 0 Å². The molecule has 1 heterocycles. The summed E-state index contributed by atoms with van der Waals surface area (Å²) in [4.78, 5) is 11.7. The largest absolute Gasteiger partial charge is 0.443 e. The number of carbonyl (C=O) groups is 1. The fourth-order valence-electron chi connectivity index (χ4n) is 2.58. The number of rotatable bonds is 5. The van der Waals surface area contributed by atoms with Crippen LogP contribution in [0.15, 0.2) is 20.0 Å². The predicted octanol–water partition coefficient (Wildman–Crippen LogP) is 3.67. The molecule has 0 radical (unpaired) electrons. The average molecular weight is 399 g/mol. The van der Waals surface area contributed by atoms with Crippen molar-refractivity contribution in [2.45, 2.75) is 43.4 Å². The van der Waals surface area contributed by atoms with E-state index in [9.17, 15) is 13.2 Å². The molecule has 1 N–H and O–H groups in total. The fraction of sp³-hybridized carbons (Fsp3) is 0.615. The summed E-state index contributed by atoms with van der Waals surface area (Å²) in [7, 11) is 1.31. The third-order valence-corrected chi connectivity index (χ3v) is 5.88. The minimum atomic E-state index is -3.93. The lowest BCUT2D eigenvalue weighted by Gasteiger charge is -2.21. The summed E-state index contributed by atoms with van der Waals surface area (Å²) in [5, 5.41) is 2.75. The van der Waals surface area contributed by atoms with Crippen LogP contribution in [-0.2, 0) is 9.05 Å². The number of carbonyl (C=O) groups excluding carboxylic acids is 1. The number of amides is 1. The molecule has 0 aliphatic heterocycles. The monoisotopic (exact) mass is 397 g/mol. The van der Waals surface area contributed by atoms with Crippen molar-refractivity contribution in [2.75, 3.05) is 6.54 Å². The summed E-state index contributed by atoms with van der Waals surface area (Å²) in [6.07, 6.45) is 7.21. The maximum atomic E-state index is 11.9. The van der Waals surface area contributed by atoms with Gasteiger partial charge in [-0.2, -0.15) is 0 Å². The molecule has 0 spiro atoms. The van der Waals surface area contributed by atoms with Crippen LogP contribution in [0, 0.1) is 5.92 Å². The van der Waals surface area contributed by atoms with Crippen LogP contribution >= 0.6 is 26.6 Å². The first-order valence-corrected chi connectivity index (χ1v) is 10.0. The second kappa shape index (κ2) is 7.15. The van der Waals surface area contributed by atoms with Crippen molar-refractivity contribution >= 4 is 41.6 Å². The van der Waals surface area contributed by atoms with E-state index < -0.39 is 15.0 Å². The molecular formula is C13H17BrClNO4S. The Morgan fingerprint density at radius 2 is 2.05 bits per heavy atom. The van der Waals surface area contributed by atoms with Crippen molar-refractivity contribution in [1.82, 2.24) is 5.32 Å². The van der Waals surface area contributed by atoms with Gasteiger partial charge in [0.2, 0.25) is 0 Å². The molecule has 8 heteroatoms.